The molecule has 1 aromatic carbocycles. The van der Waals surface area contributed by atoms with E-state index in [1.165, 1.54) is 12.1 Å². The van der Waals surface area contributed by atoms with E-state index in [-0.39, 0.29) is 15.9 Å². The van der Waals surface area contributed by atoms with Crippen molar-refractivity contribution >= 4 is 32.6 Å². The number of benzene rings is 1. The maximum atomic E-state index is 14.3. The van der Waals surface area contributed by atoms with Crippen LogP contribution in [-0.4, -0.2) is 46.3 Å². The van der Waals surface area contributed by atoms with Gasteiger partial charge in [0.2, 0.25) is 5.91 Å². The first-order valence-electron chi connectivity index (χ1n) is 9.00. The number of piperidine rings is 1. The largest absolute Gasteiger partial charge is 0.350 e. The summed E-state index contributed by atoms with van der Waals surface area (Å²) in [7, 11) is 0. The van der Waals surface area contributed by atoms with Crippen LogP contribution in [0, 0.1) is 5.82 Å². The van der Waals surface area contributed by atoms with E-state index in [2.05, 4.69) is 31.2 Å². The number of rotatable bonds is 5. The standard InChI is InChI=1S/C18H20BrF3N4O2/c1-2-25-7-3-4-10(8-25)23-13(27)9-26-18(28)11-5-6-12(19)15(20)14(11)16(24-26)17(21)22/h5-6,10,17H,2-4,7-9H2,1H3,(H,23,27). The number of nitrogens with one attached hydrogen (secondary N) is 1. The van der Waals surface area contributed by atoms with Crippen LogP contribution in [0.3, 0.4) is 0 Å². The van der Waals surface area contributed by atoms with Crippen LogP contribution in [0.5, 0.6) is 0 Å². The Balaban J connectivity index is 1.89. The van der Waals surface area contributed by atoms with E-state index in [0.29, 0.717) is 11.2 Å². The first-order valence-corrected chi connectivity index (χ1v) is 9.79. The molecule has 6 nitrogen and oxygen atoms in total. The molecule has 1 N–H and O–H groups in total. The van der Waals surface area contributed by atoms with Crippen LogP contribution in [0.25, 0.3) is 10.8 Å². The number of hydrogen-bond acceptors (Lipinski definition) is 4. The predicted molar refractivity (Wildman–Crippen MR) is 102 cm³/mol. The molecule has 152 valence electrons. The molecule has 10 heteroatoms. The second-order valence-electron chi connectivity index (χ2n) is 6.73. The molecule has 2 aromatic rings. The van der Waals surface area contributed by atoms with Crippen molar-refractivity contribution in [3.05, 3.63) is 38.5 Å². The molecule has 0 radical (unpaired) electrons. The highest BCUT2D eigenvalue weighted by molar-refractivity contribution is 9.10. The Bertz CT molecular complexity index is 951. The molecule has 28 heavy (non-hydrogen) atoms. The van der Waals surface area contributed by atoms with Gasteiger partial charge in [0.25, 0.3) is 12.0 Å². The van der Waals surface area contributed by atoms with Gasteiger partial charge in [-0.3, -0.25) is 9.59 Å². The number of fused-ring (bicyclic) bond motifs is 1. The molecule has 1 amide bonds. The number of nitrogens with zero attached hydrogens (tertiary/aromatic N) is 3. The predicted octanol–water partition coefficient (Wildman–Crippen LogP) is 2.84. The Morgan fingerprint density at radius 1 is 1.43 bits per heavy atom. The normalized spacial score (nSPS) is 18.0. The Morgan fingerprint density at radius 2 is 2.18 bits per heavy atom. The van der Waals surface area contributed by atoms with Gasteiger partial charge >= 0.3 is 0 Å². The van der Waals surface area contributed by atoms with Gasteiger partial charge in [-0.25, -0.2) is 17.9 Å². The second-order valence-corrected chi connectivity index (χ2v) is 7.59. The average molecular weight is 461 g/mol. The Morgan fingerprint density at radius 3 is 2.86 bits per heavy atom. The molecule has 1 fully saturated rings. The molecule has 0 aliphatic carbocycles. The fraction of sp³-hybridized carbons (Fsp3) is 0.500. The van der Waals surface area contributed by atoms with Crippen LogP contribution in [0.4, 0.5) is 13.2 Å². The number of carbonyl (C=O) groups is 1. The molecule has 1 atom stereocenters. The van der Waals surface area contributed by atoms with E-state index in [1.54, 1.807) is 0 Å². The molecule has 0 bridgehead atoms. The van der Waals surface area contributed by atoms with Crippen molar-refractivity contribution in [3.63, 3.8) is 0 Å². The molecular weight excluding hydrogens is 441 g/mol. The third-order valence-corrected chi connectivity index (χ3v) is 5.47. The number of halogens is 4. The highest BCUT2D eigenvalue weighted by Gasteiger charge is 2.24. The molecular formula is C18H20BrF3N4O2. The molecule has 1 unspecified atom stereocenters. The third kappa shape index (κ3) is 4.22. The van der Waals surface area contributed by atoms with Crippen molar-refractivity contribution in [1.29, 1.82) is 0 Å². The minimum Gasteiger partial charge on any atom is -0.350 e. The first kappa shape index (κ1) is 20.8. The summed E-state index contributed by atoms with van der Waals surface area (Å²) in [5, 5.41) is 5.64. The lowest BCUT2D eigenvalue weighted by Crippen LogP contribution is -2.48. The highest BCUT2D eigenvalue weighted by Crippen LogP contribution is 2.29. The summed E-state index contributed by atoms with van der Waals surface area (Å²) >= 11 is 2.92. The van der Waals surface area contributed by atoms with Gasteiger partial charge in [0.05, 0.1) is 15.2 Å². The SMILES string of the molecule is CCN1CCCC(NC(=O)Cn2nc(C(F)F)c3c(F)c(Br)ccc3c2=O)C1. The quantitative estimate of drug-likeness (QED) is 0.744. The van der Waals surface area contributed by atoms with Gasteiger partial charge in [0, 0.05) is 12.6 Å². The Kier molecular flexibility index (Phi) is 6.39. The topological polar surface area (TPSA) is 67.2 Å². The molecule has 0 spiro atoms. The van der Waals surface area contributed by atoms with E-state index >= 15 is 0 Å². The second kappa shape index (κ2) is 8.60. The van der Waals surface area contributed by atoms with Gasteiger partial charge < -0.3 is 10.2 Å². The Labute approximate surface area is 167 Å². The maximum absolute atomic E-state index is 14.3. The van der Waals surface area contributed by atoms with Crippen LogP contribution >= 0.6 is 15.9 Å². The van der Waals surface area contributed by atoms with E-state index in [4.69, 9.17) is 0 Å². The lowest BCUT2D eigenvalue weighted by molar-refractivity contribution is -0.123. The summed E-state index contributed by atoms with van der Waals surface area (Å²) in [6, 6.07) is 2.44. The first-order chi connectivity index (χ1) is 13.3. The number of likely N-dealkylation sites (N-methyl/N-ethyl adjacent to an activating group) is 1. The number of hydrogen-bond donors (Lipinski definition) is 1. The van der Waals surface area contributed by atoms with Gasteiger partial charge in [-0.15, -0.1) is 0 Å². The molecule has 3 rings (SSSR count). The fourth-order valence-electron chi connectivity index (χ4n) is 3.47. The van der Waals surface area contributed by atoms with Crippen molar-refractivity contribution in [3.8, 4) is 0 Å². The maximum Gasteiger partial charge on any atom is 0.282 e. The van der Waals surface area contributed by atoms with Crippen LogP contribution in [0.2, 0.25) is 0 Å². The summed E-state index contributed by atoms with van der Waals surface area (Å²) in [5.74, 6) is -1.47. The number of carbonyl (C=O) groups excluding carboxylic acids is 1. The minimum absolute atomic E-state index is 0.0450. The lowest BCUT2D eigenvalue weighted by atomic mass is 10.1. The molecule has 1 aliphatic heterocycles. The monoisotopic (exact) mass is 460 g/mol. The molecule has 0 saturated carbocycles. The zero-order valence-corrected chi connectivity index (χ0v) is 16.8. The summed E-state index contributed by atoms with van der Waals surface area (Å²) in [5.41, 5.74) is -1.66. The van der Waals surface area contributed by atoms with Crippen LogP contribution in [-0.2, 0) is 11.3 Å². The average Bonchev–Trinajstić information content (AvgIpc) is 2.66. The molecule has 1 aliphatic rings. The summed E-state index contributed by atoms with van der Waals surface area (Å²) in [6.45, 7) is 4.06. The van der Waals surface area contributed by atoms with Gasteiger partial charge in [0.15, 0.2) is 0 Å². The smallest absolute Gasteiger partial charge is 0.282 e. The zero-order chi connectivity index (χ0) is 20.4. The van der Waals surface area contributed by atoms with Crippen LogP contribution < -0.4 is 10.9 Å². The summed E-state index contributed by atoms with van der Waals surface area (Å²) in [4.78, 5) is 27.1. The van der Waals surface area contributed by atoms with Crippen molar-refractivity contribution in [2.75, 3.05) is 19.6 Å². The van der Waals surface area contributed by atoms with Crippen LogP contribution in [0.1, 0.15) is 31.9 Å². The van der Waals surface area contributed by atoms with Crippen molar-refractivity contribution in [2.45, 2.75) is 38.8 Å². The van der Waals surface area contributed by atoms with Crippen molar-refractivity contribution in [2.24, 2.45) is 0 Å². The van der Waals surface area contributed by atoms with E-state index < -0.39 is 41.3 Å². The third-order valence-electron chi connectivity index (χ3n) is 4.86. The molecule has 1 aromatic heterocycles. The number of aromatic nitrogens is 2. The van der Waals surface area contributed by atoms with Gasteiger partial charge in [-0.05, 0) is 54.0 Å². The molecule has 1 saturated heterocycles. The summed E-state index contributed by atoms with van der Waals surface area (Å²) < 4.78 is 41.8. The van der Waals surface area contributed by atoms with Crippen molar-refractivity contribution in [1.82, 2.24) is 20.0 Å². The zero-order valence-electron chi connectivity index (χ0n) is 15.2. The Hall–Kier alpha value is -1.94. The lowest BCUT2D eigenvalue weighted by Gasteiger charge is -2.32. The van der Waals surface area contributed by atoms with E-state index in [9.17, 15) is 22.8 Å². The number of alkyl halides is 2. The highest BCUT2D eigenvalue weighted by atomic mass is 79.9. The number of likely N-dealkylation sites (tertiary alicyclic amines) is 1. The fourth-order valence-corrected chi connectivity index (χ4v) is 3.80. The summed E-state index contributed by atoms with van der Waals surface area (Å²) in [6.07, 6.45) is -1.35. The van der Waals surface area contributed by atoms with Gasteiger partial charge in [-0.2, -0.15) is 5.10 Å². The van der Waals surface area contributed by atoms with Gasteiger partial charge in [-0.1, -0.05) is 6.92 Å². The van der Waals surface area contributed by atoms with E-state index in [1.807, 2.05) is 6.92 Å². The molecule has 2 heterocycles. The minimum atomic E-state index is -3.10. The number of amides is 1. The van der Waals surface area contributed by atoms with E-state index in [0.717, 1.165) is 25.9 Å². The van der Waals surface area contributed by atoms with Crippen LogP contribution in [0.15, 0.2) is 21.4 Å². The van der Waals surface area contributed by atoms with Gasteiger partial charge in [0.1, 0.15) is 18.1 Å². The van der Waals surface area contributed by atoms with Crippen molar-refractivity contribution < 1.29 is 18.0 Å².